The summed E-state index contributed by atoms with van der Waals surface area (Å²) in [6.45, 7) is 6.53. The Morgan fingerprint density at radius 2 is 1.96 bits per heavy atom. The second-order valence-corrected chi connectivity index (χ2v) is 8.00. The van der Waals surface area contributed by atoms with E-state index in [2.05, 4.69) is 9.97 Å². The number of rotatable bonds is 2. The largest absolute Gasteiger partial charge is 0.444 e. The number of imidazole rings is 1. The van der Waals surface area contributed by atoms with Gasteiger partial charge in [0.15, 0.2) is 0 Å². The number of amides is 2. The molecule has 2 aromatic rings. The Kier molecular flexibility index (Phi) is 5.03. The highest BCUT2D eigenvalue weighted by atomic mass is 35.5. The van der Waals surface area contributed by atoms with Crippen molar-refractivity contribution < 1.29 is 14.3 Å². The summed E-state index contributed by atoms with van der Waals surface area (Å²) in [5.74, 6) is 0.482. The summed E-state index contributed by atoms with van der Waals surface area (Å²) in [5.41, 5.74) is 0.858. The summed E-state index contributed by atoms with van der Waals surface area (Å²) in [4.78, 5) is 35.2. The first kappa shape index (κ1) is 18.8. The number of nitrogens with zero attached hydrogens (tertiary/aromatic N) is 3. The average molecular weight is 399 g/mol. The fourth-order valence-corrected chi connectivity index (χ4v) is 2.99. The first-order chi connectivity index (χ1) is 12.1. The molecule has 1 saturated heterocycles. The number of benzene rings is 1. The molecule has 2 heterocycles. The number of hydrogen-bond donors (Lipinski definition) is 1. The van der Waals surface area contributed by atoms with Crippen LogP contribution in [-0.2, 0) is 16.1 Å². The third-order valence-electron chi connectivity index (χ3n) is 3.88. The van der Waals surface area contributed by atoms with Crippen molar-refractivity contribution in [3.63, 3.8) is 0 Å². The Morgan fingerprint density at radius 1 is 1.27 bits per heavy atom. The Labute approximate surface area is 161 Å². The number of carbonyl (C=O) groups is 2. The summed E-state index contributed by atoms with van der Waals surface area (Å²) in [5, 5.41) is 0.871. The molecule has 0 atom stereocenters. The van der Waals surface area contributed by atoms with E-state index in [1.165, 1.54) is 4.90 Å². The number of aromatic nitrogens is 2. The summed E-state index contributed by atoms with van der Waals surface area (Å²) < 4.78 is 5.31. The smallest absolute Gasteiger partial charge is 0.410 e. The lowest BCUT2D eigenvalue weighted by Crippen LogP contribution is -2.52. The molecule has 9 heteroatoms. The fraction of sp³-hybridized carbons (Fsp3) is 0.471. The van der Waals surface area contributed by atoms with Gasteiger partial charge in [-0.2, -0.15) is 0 Å². The van der Waals surface area contributed by atoms with Gasteiger partial charge in [-0.1, -0.05) is 23.2 Å². The van der Waals surface area contributed by atoms with Crippen LogP contribution < -0.4 is 0 Å². The molecule has 0 unspecified atom stereocenters. The van der Waals surface area contributed by atoms with Gasteiger partial charge in [0, 0.05) is 13.1 Å². The van der Waals surface area contributed by atoms with Crippen LogP contribution in [0.15, 0.2) is 12.1 Å². The highest BCUT2D eigenvalue weighted by Crippen LogP contribution is 2.27. The Bertz CT molecular complexity index is 821. The minimum absolute atomic E-state index is 0.00714. The standard InChI is InChI=1S/C17H20Cl2N4O3/c1-17(2,3)26-16(25)23-5-4-22(15(24)9-23)8-14-20-12-6-10(18)11(19)7-13(12)21-14/h6-7H,4-5,8-9H2,1-3H3,(H,20,21). The van der Waals surface area contributed by atoms with E-state index < -0.39 is 11.7 Å². The van der Waals surface area contributed by atoms with Crippen LogP contribution in [0.2, 0.25) is 10.0 Å². The van der Waals surface area contributed by atoms with E-state index in [0.717, 1.165) is 5.52 Å². The zero-order valence-electron chi connectivity index (χ0n) is 14.8. The first-order valence-corrected chi connectivity index (χ1v) is 8.97. The third kappa shape index (κ3) is 4.22. The van der Waals surface area contributed by atoms with Gasteiger partial charge in [-0.25, -0.2) is 9.78 Å². The maximum atomic E-state index is 12.4. The predicted molar refractivity (Wildman–Crippen MR) is 99.3 cm³/mol. The molecular weight excluding hydrogens is 379 g/mol. The van der Waals surface area contributed by atoms with Crippen molar-refractivity contribution >= 4 is 46.2 Å². The highest BCUT2D eigenvalue weighted by molar-refractivity contribution is 6.42. The maximum absolute atomic E-state index is 12.4. The van der Waals surface area contributed by atoms with Crippen LogP contribution in [0.3, 0.4) is 0 Å². The number of aromatic amines is 1. The monoisotopic (exact) mass is 398 g/mol. The summed E-state index contributed by atoms with van der Waals surface area (Å²) in [7, 11) is 0. The van der Waals surface area contributed by atoms with E-state index in [1.54, 1.807) is 37.8 Å². The Hall–Kier alpha value is -1.99. The lowest BCUT2D eigenvalue weighted by atomic mass is 10.2. The molecule has 0 aliphatic carbocycles. The molecule has 1 aliphatic rings. The van der Waals surface area contributed by atoms with Crippen LogP contribution in [0.5, 0.6) is 0 Å². The van der Waals surface area contributed by atoms with Crippen LogP contribution in [0, 0.1) is 0 Å². The molecule has 3 rings (SSSR count). The fourth-order valence-electron chi connectivity index (χ4n) is 2.67. The van der Waals surface area contributed by atoms with Crippen molar-refractivity contribution in [1.82, 2.24) is 19.8 Å². The Balaban J connectivity index is 1.65. The molecule has 1 fully saturated rings. The lowest BCUT2D eigenvalue weighted by Gasteiger charge is -2.34. The van der Waals surface area contributed by atoms with Crippen molar-refractivity contribution in [2.75, 3.05) is 19.6 Å². The van der Waals surface area contributed by atoms with E-state index in [1.807, 2.05) is 0 Å². The summed E-state index contributed by atoms with van der Waals surface area (Å²) in [6.07, 6.45) is -0.474. The van der Waals surface area contributed by atoms with Gasteiger partial charge in [0.1, 0.15) is 18.0 Å². The number of hydrogen-bond acceptors (Lipinski definition) is 4. The zero-order chi connectivity index (χ0) is 19.1. The van der Waals surface area contributed by atoms with E-state index >= 15 is 0 Å². The van der Waals surface area contributed by atoms with E-state index in [-0.39, 0.29) is 12.5 Å². The number of fused-ring (bicyclic) bond motifs is 1. The molecule has 0 bridgehead atoms. The van der Waals surface area contributed by atoms with Gasteiger partial charge in [0.25, 0.3) is 0 Å². The minimum atomic E-state index is -0.589. The molecule has 1 N–H and O–H groups in total. The van der Waals surface area contributed by atoms with E-state index in [0.29, 0.717) is 41.0 Å². The van der Waals surface area contributed by atoms with Gasteiger partial charge in [-0.05, 0) is 32.9 Å². The third-order valence-corrected chi connectivity index (χ3v) is 4.61. The number of H-pyrrole nitrogens is 1. The number of ether oxygens (including phenoxy) is 1. The van der Waals surface area contributed by atoms with Crippen molar-refractivity contribution in [2.45, 2.75) is 32.9 Å². The first-order valence-electron chi connectivity index (χ1n) is 8.22. The van der Waals surface area contributed by atoms with Gasteiger partial charge < -0.3 is 14.6 Å². The molecular formula is C17H20Cl2N4O3. The normalized spacial score (nSPS) is 15.7. The van der Waals surface area contributed by atoms with Crippen LogP contribution in [0.4, 0.5) is 4.79 Å². The molecule has 1 aliphatic heterocycles. The topological polar surface area (TPSA) is 78.5 Å². The number of piperazine rings is 1. The van der Waals surface area contributed by atoms with Gasteiger partial charge in [-0.3, -0.25) is 9.69 Å². The van der Waals surface area contributed by atoms with Crippen LogP contribution in [0.1, 0.15) is 26.6 Å². The van der Waals surface area contributed by atoms with E-state index in [4.69, 9.17) is 27.9 Å². The number of carbonyl (C=O) groups excluding carboxylic acids is 2. The van der Waals surface area contributed by atoms with E-state index in [9.17, 15) is 9.59 Å². The Morgan fingerprint density at radius 3 is 2.62 bits per heavy atom. The molecule has 140 valence electrons. The molecule has 0 radical (unpaired) electrons. The van der Waals surface area contributed by atoms with Gasteiger partial charge in [0.2, 0.25) is 5.91 Å². The SMILES string of the molecule is CC(C)(C)OC(=O)N1CCN(Cc2nc3cc(Cl)c(Cl)cc3[nH]2)C(=O)C1. The van der Waals surface area contributed by atoms with Gasteiger partial charge in [0.05, 0.1) is 27.6 Å². The average Bonchev–Trinajstić information content (AvgIpc) is 2.89. The number of halogens is 2. The predicted octanol–water partition coefficient (Wildman–Crippen LogP) is 3.45. The molecule has 1 aromatic carbocycles. The summed E-state index contributed by atoms with van der Waals surface area (Å²) >= 11 is 12.0. The van der Waals surface area contributed by atoms with Crippen LogP contribution >= 0.6 is 23.2 Å². The number of nitrogens with one attached hydrogen (secondary N) is 1. The van der Waals surface area contributed by atoms with Crippen molar-refractivity contribution in [3.8, 4) is 0 Å². The molecule has 1 aromatic heterocycles. The lowest BCUT2D eigenvalue weighted by molar-refractivity contribution is -0.136. The molecule has 2 amide bonds. The molecule has 26 heavy (non-hydrogen) atoms. The summed E-state index contributed by atoms with van der Waals surface area (Å²) in [6, 6.07) is 3.39. The highest BCUT2D eigenvalue weighted by Gasteiger charge is 2.30. The minimum Gasteiger partial charge on any atom is -0.444 e. The second kappa shape index (κ2) is 6.96. The quantitative estimate of drug-likeness (QED) is 0.839. The van der Waals surface area contributed by atoms with Crippen molar-refractivity contribution in [2.24, 2.45) is 0 Å². The van der Waals surface area contributed by atoms with Gasteiger partial charge in [-0.15, -0.1) is 0 Å². The molecule has 7 nitrogen and oxygen atoms in total. The van der Waals surface area contributed by atoms with Crippen molar-refractivity contribution in [1.29, 1.82) is 0 Å². The molecule has 0 saturated carbocycles. The van der Waals surface area contributed by atoms with Crippen molar-refractivity contribution in [3.05, 3.63) is 28.0 Å². The van der Waals surface area contributed by atoms with Crippen LogP contribution in [0.25, 0.3) is 11.0 Å². The molecule has 0 spiro atoms. The maximum Gasteiger partial charge on any atom is 0.410 e. The van der Waals surface area contributed by atoms with Gasteiger partial charge >= 0.3 is 6.09 Å². The zero-order valence-corrected chi connectivity index (χ0v) is 16.3. The second-order valence-electron chi connectivity index (χ2n) is 7.18. The van der Waals surface area contributed by atoms with Crippen LogP contribution in [-0.4, -0.2) is 57.0 Å².